The third-order valence-electron chi connectivity index (χ3n) is 4.05. The van der Waals surface area contributed by atoms with Gasteiger partial charge >= 0.3 is 11.8 Å². The molecule has 0 unspecified atom stereocenters. The largest absolute Gasteiger partial charge is 0.496 e. The average Bonchev–Trinajstić information content (AvgIpc) is 3.41. The van der Waals surface area contributed by atoms with Crippen molar-refractivity contribution in [3.8, 4) is 11.6 Å². The van der Waals surface area contributed by atoms with Crippen LogP contribution in [0.1, 0.15) is 17.9 Å². The molecule has 1 fully saturated rings. The van der Waals surface area contributed by atoms with Crippen molar-refractivity contribution in [1.82, 2.24) is 10.3 Å². The summed E-state index contributed by atoms with van der Waals surface area (Å²) in [6, 6.07) is 10.8. The standard InChI is InChI=1S/C18H19N3O4/c1-24-15-6-4-3-5-12(15)13-9-14(13)21-18(23)17(22)20-11-7-8-16(25-2)19-10-11/h3-8,10,13-14H,9H2,1-2H3,(H,20,22)(H,21,23)/t13-,14-/m0/s1. The van der Waals surface area contributed by atoms with Gasteiger partial charge in [-0.25, -0.2) is 4.98 Å². The van der Waals surface area contributed by atoms with Crippen LogP contribution < -0.4 is 20.1 Å². The molecular weight excluding hydrogens is 322 g/mol. The lowest BCUT2D eigenvalue weighted by molar-refractivity contribution is -0.136. The number of rotatable bonds is 5. The fourth-order valence-electron chi connectivity index (χ4n) is 2.67. The van der Waals surface area contributed by atoms with E-state index in [9.17, 15) is 9.59 Å². The van der Waals surface area contributed by atoms with Gasteiger partial charge in [0.25, 0.3) is 0 Å². The molecule has 7 nitrogen and oxygen atoms in total. The van der Waals surface area contributed by atoms with Crippen LogP contribution in [0.25, 0.3) is 0 Å². The highest BCUT2D eigenvalue weighted by Gasteiger charge is 2.41. The molecule has 0 saturated heterocycles. The van der Waals surface area contributed by atoms with Crippen molar-refractivity contribution in [1.29, 1.82) is 0 Å². The molecule has 2 aromatic rings. The first-order chi connectivity index (χ1) is 12.1. The summed E-state index contributed by atoms with van der Waals surface area (Å²) >= 11 is 0. The molecule has 0 aliphatic heterocycles. The van der Waals surface area contributed by atoms with Crippen LogP contribution in [0, 0.1) is 0 Å². The zero-order chi connectivity index (χ0) is 17.8. The Hall–Kier alpha value is -3.09. The van der Waals surface area contributed by atoms with E-state index in [-0.39, 0.29) is 12.0 Å². The van der Waals surface area contributed by atoms with Crippen molar-refractivity contribution in [2.75, 3.05) is 19.5 Å². The SMILES string of the molecule is COc1ccc(NC(=O)C(=O)N[C@H]2C[C@H]2c2ccccc2OC)cn1. The van der Waals surface area contributed by atoms with E-state index in [0.717, 1.165) is 17.7 Å². The monoisotopic (exact) mass is 341 g/mol. The number of nitrogens with one attached hydrogen (secondary N) is 2. The smallest absolute Gasteiger partial charge is 0.313 e. The maximum atomic E-state index is 12.1. The fourth-order valence-corrected chi connectivity index (χ4v) is 2.67. The van der Waals surface area contributed by atoms with Gasteiger partial charge in [0.15, 0.2) is 0 Å². The third-order valence-corrected chi connectivity index (χ3v) is 4.05. The Morgan fingerprint density at radius 2 is 1.88 bits per heavy atom. The number of nitrogens with zero attached hydrogens (tertiary/aromatic N) is 1. The van der Waals surface area contributed by atoms with Crippen molar-refractivity contribution in [2.24, 2.45) is 0 Å². The molecule has 7 heteroatoms. The molecule has 0 radical (unpaired) electrons. The quantitative estimate of drug-likeness (QED) is 0.808. The summed E-state index contributed by atoms with van der Waals surface area (Å²) in [5, 5.41) is 5.25. The minimum atomic E-state index is -0.724. The average molecular weight is 341 g/mol. The predicted molar refractivity (Wildman–Crippen MR) is 91.7 cm³/mol. The summed E-state index contributed by atoms with van der Waals surface area (Å²) in [6.45, 7) is 0. The number of aromatic nitrogens is 1. The number of amides is 2. The van der Waals surface area contributed by atoms with E-state index < -0.39 is 11.8 Å². The number of methoxy groups -OCH3 is 2. The maximum Gasteiger partial charge on any atom is 0.313 e. The summed E-state index contributed by atoms with van der Waals surface area (Å²) < 4.78 is 10.3. The van der Waals surface area contributed by atoms with E-state index in [4.69, 9.17) is 9.47 Å². The summed E-state index contributed by atoms with van der Waals surface area (Å²) in [5.74, 6) is -0.00972. The number of ether oxygens (including phenoxy) is 2. The Balaban J connectivity index is 1.55. The van der Waals surface area contributed by atoms with Crippen LogP contribution in [0.5, 0.6) is 11.6 Å². The van der Waals surface area contributed by atoms with Gasteiger partial charge in [-0.15, -0.1) is 0 Å². The zero-order valence-electron chi connectivity index (χ0n) is 14.0. The van der Waals surface area contributed by atoms with E-state index in [1.54, 1.807) is 19.2 Å². The molecule has 1 aromatic heterocycles. The van der Waals surface area contributed by atoms with Crippen LogP contribution in [-0.4, -0.2) is 37.1 Å². The van der Waals surface area contributed by atoms with Crippen molar-refractivity contribution >= 4 is 17.5 Å². The summed E-state index contributed by atoms with van der Waals surface area (Å²) in [4.78, 5) is 28.0. The zero-order valence-corrected chi connectivity index (χ0v) is 14.0. The number of pyridine rings is 1. The second-order valence-electron chi connectivity index (χ2n) is 5.71. The van der Waals surface area contributed by atoms with E-state index in [1.165, 1.54) is 13.3 Å². The first-order valence-corrected chi connectivity index (χ1v) is 7.87. The molecule has 1 saturated carbocycles. The van der Waals surface area contributed by atoms with Crippen molar-refractivity contribution < 1.29 is 19.1 Å². The molecule has 0 bridgehead atoms. The Bertz CT molecular complexity index is 776. The molecule has 1 aliphatic rings. The molecular formula is C18H19N3O4. The molecule has 130 valence electrons. The molecule has 25 heavy (non-hydrogen) atoms. The van der Waals surface area contributed by atoms with Crippen LogP contribution in [0.3, 0.4) is 0 Å². The number of benzene rings is 1. The van der Waals surface area contributed by atoms with Gasteiger partial charge in [-0.05, 0) is 24.1 Å². The Morgan fingerprint density at radius 1 is 1.08 bits per heavy atom. The van der Waals surface area contributed by atoms with E-state index >= 15 is 0 Å². The Labute approximate surface area is 145 Å². The van der Waals surface area contributed by atoms with Crippen molar-refractivity contribution in [3.63, 3.8) is 0 Å². The first-order valence-electron chi connectivity index (χ1n) is 7.87. The fraction of sp³-hybridized carbons (Fsp3) is 0.278. The molecule has 3 rings (SSSR count). The van der Waals surface area contributed by atoms with E-state index in [0.29, 0.717) is 11.6 Å². The van der Waals surface area contributed by atoms with Crippen molar-refractivity contribution in [2.45, 2.75) is 18.4 Å². The minimum Gasteiger partial charge on any atom is -0.496 e. The number of carbonyl (C=O) groups excluding carboxylic acids is 2. The highest BCUT2D eigenvalue weighted by molar-refractivity contribution is 6.39. The highest BCUT2D eigenvalue weighted by Crippen LogP contribution is 2.44. The van der Waals surface area contributed by atoms with Gasteiger partial charge in [0.2, 0.25) is 5.88 Å². The summed E-state index contributed by atoms with van der Waals surface area (Å²) in [7, 11) is 3.12. The number of hydrogen-bond donors (Lipinski definition) is 2. The maximum absolute atomic E-state index is 12.1. The molecule has 1 aliphatic carbocycles. The molecule has 2 N–H and O–H groups in total. The highest BCUT2D eigenvalue weighted by atomic mass is 16.5. The summed E-state index contributed by atoms with van der Waals surface area (Å²) in [5.41, 5.74) is 1.47. The van der Waals surface area contributed by atoms with Gasteiger partial charge in [-0.1, -0.05) is 18.2 Å². The van der Waals surface area contributed by atoms with Crippen LogP contribution in [0.4, 0.5) is 5.69 Å². The lowest BCUT2D eigenvalue weighted by Crippen LogP contribution is -2.37. The van der Waals surface area contributed by atoms with Gasteiger partial charge < -0.3 is 20.1 Å². The summed E-state index contributed by atoms with van der Waals surface area (Å²) in [6.07, 6.45) is 2.21. The lowest BCUT2D eigenvalue weighted by atomic mass is 10.1. The molecule has 0 spiro atoms. The second kappa shape index (κ2) is 7.21. The first kappa shape index (κ1) is 16.8. The predicted octanol–water partition coefficient (Wildman–Crippen LogP) is 1.71. The number of para-hydroxylation sites is 1. The van der Waals surface area contributed by atoms with Crippen LogP contribution in [-0.2, 0) is 9.59 Å². The molecule has 2 amide bonds. The second-order valence-corrected chi connectivity index (χ2v) is 5.71. The van der Waals surface area contributed by atoms with E-state index in [1.807, 2.05) is 24.3 Å². The number of hydrogen-bond acceptors (Lipinski definition) is 5. The molecule has 2 atom stereocenters. The van der Waals surface area contributed by atoms with Crippen LogP contribution >= 0.6 is 0 Å². The van der Waals surface area contributed by atoms with E-state index in [2.05, 4.69) is 15.6 Å². The van der Waals surface area contributed by atoms with Gasteiger partial charge in [0.1, 0.15) is 5.75 Å². The minimum absolute atomic E-state index is 0.0662. The van der Waals surface area contributed by atoms with Crippen LogP contribution in [0.2, 0.25) is 0 Å². The van der Waals surface area contributed by atoms with Gasteiger partial charge in [0.05, 0.1) is 26.1 Å². The van der Waals surface area contributed by atoms with Crippen molar-refractivity contribution in [3.05, 3.63) is 48.2 Å². The van der Waals surface area contributed by atoms with Gasteiger partial charge in [0, 0.05) is 18.0 Å². The van der Waals surface area contributed by atoms with Gasteiger partial charge in [-0.2, -0.15) is 0 Å². The Kier molecular flexibility index (Phi) is 4.83. The molecule has 1 aromatic carbocycles. The third kappa shape index (κ3) is 3.88. The normalized spacial score (nSPS) is 18.2. The molecule has 1 heterocycles. The topological polar surface area (TPSA) is 89.5 Å². The van der Waals surface area contributed by atoms with Crippen LogP contribution in [0.15, 0.2) is 42.6 Å². The lowest BCUT2D eigenvalue weighted by Gasteiger charge is -2.09. The number of anilines is 1. The number of carbonyl (C=O) groups is 2. The Morgan fingerprint density at radius 3 is 2.56 bits per heavy atom. The van der Waals surface area contributed by atoms with Gasteiger partial charge in [-0.3, -0.25) is 9.59 Å².